The predicted molar refractivity (Wildman–Crippen MR) is 133 cm³/mol. The monoisotopic (exact) mass is 481 g/mol. The average molecular weight is 482 g/mol. The second-order valence-corrected chi connectivity index (χ2v) is 7.97. The van der Waals surface area contributed by atoms with Crippen LogP contribution < -0.4 is 10.7 Å². The van der Waals surface area contributed by atoms with E-state index in [1.807, 2.05) is 13.8 Å². The molecule has 0 aliphatic carbocycles. The molecule has 9 nitrogen and oxygen atoms in total. The number of nitrogens with zero attached hydrogens (tertiary/aromatic N) is 3. The maximum atomic E-state index is 12.9. The van der Waals surface area contributed by atoms with Gasteiger partial charge in [-0.3, -0.25) is 29.2 Å². The highest BCUT2D eigenvalue weighted by Gasteiger charge is 2.52. The van der Waals surface area contributed by atoms with Gasteiger partial charge in [0.2, 0.25) is 0 Å². The number of Topliss-reactive ketones (excluding diaryl/α,β-unsaturated/α-hetero) is 1. The molecule has 9 heteroatoms. The first-order valence-electron chi connectivity index (χ1n) is 12.1. The van der Waals surface area contributed by atoms with E-state index in [4.69, 9.17) is 0 Å². The van der Waals surface area contributed by atoms with Gasteiger partial charge in [0.15, 0.2) is 5.78 Å². The van der Waals surface area contributed by atoms with Crippen LogP contribution in [0.5, 0.6) is 0 Å². The fourth-order valence-electron chi connectivity index (χ4n) is 3.81. The van der Waals surface area contributed by atoms with E-state index in [9.17, 15) is 19.2 Å². The Balaban J connectivity index is 0.000000803. The number of ketones is 1. The standard InChI is InChI=1S/C21H21N5O4.C3H8.C2H6/c1-13(24-19(28)14-7-3-2-4-8-14)20(29)26-18-16(11-23-26)25(12-17(18)27)21(30)15-9-5-6-10-22-15;1-3-2;1-2/h2-10,13,16,18,23H,11-12H2,1H3,(H,24,28);3H2,1-2H3;1-2H3/t13-,16?,18?;;/m0../s1. The van der Waals surface area contributed by atoms with Crippen molar-refractivity contribution in [2.75, 3.05) is 13.1 Å². The zero-order valence-electron chi connectivity index (χ0n) is 21.0. The van der Waals surface area contributed by atoms with E-state index in [-0.39, 0.29) is 36.4 Å². The first kappa shape index (κ1) is 27.7. The van der Waals surface area contributed by atoms with Crippen LogP contribution in [0.3, 0.4) is 0 Å². The molecule has 0 spiro atoms. The lowest BCUT2D eigenvalue weighted by molar-refractivity contribution is -0.140. The minimum absolute atomic E-state index is 0.0824. The summed E-state index contributed by atoms with van der Waals surface area (Å²) in [6, 6.07) is 11.4. The van der Waals surface area contributed by atoms with Gasteiger partial charge in [-0.15, -0.1) is 0 Å². The van der Waals surface area contributed by atoms with Crippen LogP contribution in [0.1, 0.15) is 61.9 Å². The number of rotatable bonds is 4. The number of fused-ring (bicyclic) bond motifs is 1. The van der Waals surface area contributed by atoms with Crippen LogP contribution in [0.15, 0.2) is 54.7 Å². The van der Waals surface area contributed by atoms with Crippen LogP contribution in [0.2, 0.25) is 0 Å². The SMILES string of the molecule is CC.CCC.C[C@H](NC(=O)c1ccccc1)C(=O)N1NCC2C1C(=O)CN2C(=O)c1ccccn1. The Morgan fingerprint density at radius 3 is 2.31 bits per heavy atom. The van der Waals surface area contributed by atoms with Gasteiger partial charge in [-0.2, -0.15) is 0 Å². The van der Waals surface area contributed by atoms with Crippen molar-refractivity contribution in [1.29, 1.82) is 0 Å². The van der Waals surface area contributed by atoms with E-state index in [0.29, 0.717) is 5.56 Å². The summed E-state index contributed by atoms with van der Waals surface area (Å²) in [6.07, 6.45) is 2.77. The van der Waals surface area contributed by atoms with E-state index < -0.39 is 24.0 Å². The van der Waals surface area contributed by atoms with E-state index >= 15 is 0 Å². The van der Waals surface area contributed by atoms with Crippen molar-refractivity contribution < 1.29 is 19.2 Å². The number of pyridine rings is 1. The summed E-state index contributed by atoms with van der Waals surface area (Å²) in [6.45, 7) is 10.00. The molecular formula is C26H35N5O4. The normalized spacial score (nSPS) is 18.9. The van der Waals surface area contributed by atoms with Crippen LogP contribution in [0.4, 0.5) is 0 Å². The fraction of sp³-hybridized carbons (Fsp3) is 0.423. The fourth-order valence-corrected chi connectivity index (χ4v) is 3.81. The van der Waals surface area contributed by atoms with Crippen LogP contribution in [-0.2, 0) is 9.59 Å². The lowest BCUT2D eigenvalue weighted by atomic mass is 10.1. The summed E-state index contributed by atoms with van der Waals surface area (Å²) >= 11 is 0. The van der Waals surface area contributed by atoms with Crippen molar-refractivity contribution in [3.05, 3.63) is 66.0 Å². The Hall–Kier alpha value is -3.59. The Morgan fingerprint density at radius 2 is 1.71 bits per heavy atom. The summed E-state index contributed by atoms with van der Waals surface area (Å²) in [5.74, 6) is -1.40. The van der Waals surface area contributed by atoms with Crippen molar-refractivity contribution in [3.63, 3.8) is 0 Å². The molecule has 2 aliphatic heterocycles. The zero-order valence-corrected chi connectivity index (χ0v) is 21.0. The number of nitrogens with one attached hydrogen (secondary N) is 2. The smallest absolute Gasteiger partial charge is 0.273 e. The van der Waals surface area contributed by atoms with Crippen LogP contribution >= 0.6 is 0 Å². The van der Waals surface area contributed by atoms with Crippen molar-refractivity contribution in [1.82, 2.24) is 25.6 Å². The van der Waals surface area contributed by atoms with E-state index in [1.54, 1.807) is 55.5 Å². The van der Waals surface area contributed by atoms with Gasteiger partial charge in [0, 0.05) is 18.3 Å². The third-order valence-corrected chi connectivity index (χ3v) is 5.31. The lowest BCUT2D eigenvalue weighted by Gasteiger charge is -2.25. The zero-order chi connectivity index (χ0) is 26.0. The number of aromatic nitrogens is 1. The number of hydrazine groups is 1. The molecule has 35 heavy (non-hydrogen) atoms. The van der Waals surface area contributed by atoms with Crippen LogP contribution in [0.25, 0.3) is 0 Å². The summed E-state index contributed by atoms with van der Waals surface area (Å²) in [5.41, 5.74) is 3.60. The van der Waals surface area contributed by atoms with E-state index in [1.165, 1.54) is 22.5 Å². The minimum atomic E-state index is -0.850. The lowest BCUT2D eigenvalue weighted by Crippen LogP contribution is -2.54. The summed E-state index contributed by atoms with van der Waals surface area (Å²) in [7, 11) is 0. The van der Waals surface area contributed by atoms with E-state index in [2.05, 4.69) is 29.6 Å². The number of likely N-dealkylation sites (tertiary alicyclic amines) is 1. The molecule has 3 atom stereocenters. The molecule has 2 aliphatic rings. The van der Waals surface area contributed by atoms with Gasteiger partial charge >= 0.3 is 0 Å². The van der Waals surface area contributed by atoms with Gasteiger partial charge in [0.25, 0.3) is 17.7 Å². The molecule has 0 radical (unpaired) electrons. The quantitative estimate of drug-likeness (QED) is 0.694. The maximum Gasteiger partial charge on any atom is 0.273 e. The van der Waals surface area contributed by atoms with Gasteiger partial charge in [0.05, 0.1) is 12.6 Å². The Morgan fingerprint density at radius 1 is 1.09 bits per heavy atom. The maximum absolute atomic E-state index is 12.9. The number of hydrogen-bond acceptors (Lipinski definition) is 6. The van der Waals surface area contributed by atoms with E-state index in [0.717, 1.165) is 0 Å². The number of amides is 3. The van der Waals surface area contributed by atoms with Gasteiger partial charge in [0.1, 0.15) is 17.8 Å². The molecule has 3 amide bonds. The summed E-state index contributed by atoms with van der Waals surface area (Å²) in [4.78, 5) is 56.2. The molecule has 2 aromatic rings. The van der Waals surface area contributed by atoms with Gasteiger partial charge in [-0.25, -0.2) is 5.43 Å². The topological polar surface area (TPSA) is 112 Å². The Labute approximate surface area is 206 Å². The third kappa shape index (κ3) is 6.51. The number of hydrogen-bond donors (Lipinski definition) is 2. The molecule has 1 aromatic carbocycles. The third-order valence-electron chi connectivity index (χ3n) is 5.31. The van der Waals surface area contributed by atoms with Gasteiger partial charge in [-0.1, -0.05) is 58.4 Å². The Kier molecular flexibility index (Phi) is 10.5. The average Bonchev–Trinajstić information content (AvgIpc) is 3.47. The van der Waals surface area contributed by atoms with Crippen molar-refractivity contribution in [3.8, 4) is 0 Å². The molecule has 2 saturated heterocycles. The van der Waals surface area contributed by atoms with Gasteiger partial charge in [-0.05, 0) is 31.2 Å². The highest BCUT2D eigenvalue weighted by molar-refractivity contribution is 6.02. The van der Waals surface area contributed by atoms with Crippen LogP contribution in [-0.4, -0.2) is 69.6 Å². The molecule has 4 rings (SSSR count). The number of carbonyl (C=O) groups is 4. The molecule has 2 unspecified atom stereocenters. The molecule has 0 bridgehead atoms. The molecule has 3 heterocycles. The van der Waals surface area contributed by atoms with Crippen molar-refractivity contribution in [2.45, 2.75) is 59.2 Å². The van der Waals surface area contributed by atoms with Crippen molar-refractivity contribution >= 4 is 23.5 Å². The second-order valence-electron chi connectivity index (χ2n) is 7.97. The summed E-state index contributed by atoms with van der Waals surface area (Å²) < 4.78 is 0. The molecule has 2 fully saturated rings. The van der Waals surface area contributed by atoms with Crippen LogP contribution in [0, 0.1) is 0 Å². The highest BCUT2D eigenvalue weighted by Crippen LogP contribution is 2.26. The summed E-state index contributed by atoms with van der Waals surface area (Å²) in [5, 5.41) is 3.90. The molecule has 0 saturated carbocycles. The number of benzene rings is 1. The second kappa shape index (κ2) is 13.3. The predicted octanol–water partition coefficient (Wildman–Crippen LogP) is 2.45. The largest absolute Gasteiger partial charge is 0.340 e. The first-order chi connectivity index (χ1) is 16.9. The molecular weight excluding hydrogens is 446 g/mol. The van der Waals surface area contributed by atoms with Crippen molar-refractivity contribution in [2.24, 2.45) is 0 Å². The molecule has 2 N–H and O–H groups in total. The first-order valence-corrected chi connectivity index (χ1v) is 12.1. The Bertz CT molecular complexity index is 999. The van der Waals surface area contributed by atoms with Gasteiger partial charge < -0.3 is 10.2 Å². The number of carbonyl (C=O) groups excluding carboxylic acids is 4. The highest BCUT2D eigenvalue weighted by atomic mass is 16.2. The molecule has 188 valence electrons. The minimum Gasteiger partial charge on any atom is -0.340 e. The molecule has 1 aromatic heterocycles.